The van der Waals surface area contributed by atoms with Gasteiger partial charge in [0.25, 0.3) is 0 Å². The molecule has 0 aliphatic carbocycles. The topological polar surface area (TPSA) is 0 Å². The van der Waals surface area contributed by atoms with E-state index < -0.39 is 0 Å². The highest BCUT2D eigenvalue weighted by atomic mass is 35.5. The predicted octanol–water partition coefficient (Wildman–Crippen LogP) is 4.81. The van der Waals surface area contributed by atoms with Crippen LogP contribution < -0.4 is 0 Å². The molecular formula is C11H8Cl2S. The van der Waals surface area contributed by atoms with Gasteiger partial charge in [0.1, 0.15) is 0 Å². The quantitative estimate of drug-likeness (QED) is 0.664. The van der Waals surface area contributed by atoms with Crippen LogP contribution in [0.3, 0.4) is 0 Å². The number of halogens is 2. The molecule has 0 spiro atoms. The van der Waals surface area contributed by atoms with E-state index in [4.69, 9.17) is 23.2 Å². The average Bonchev–Trinajstić information content (AvgIpc) is 2.67. The minimum atomic E-state index is 0.582. The predicted molar refractivity (Wildman–Crippen MR) is 64.3 cm³/mol. The molecule has 1 heterocycles. The van der Waals surface area contributed by atoms with Crippen molar-refractivity contribution in [3.05, 3.63) is 46.3 Å². The number of hydrogen-bond donors (Lipinski definition) is 0. The van der Waals surface area contributed by atoms with E-state index in [1.54, 1.807) is 11.3 Å². The van der Waals surface area contributed by atoms with Crippen LogP contribution in [0.5, 0.6) is 0 Å². The van der Waals surface area contributed by atoms with Crippen LogP contribution in [-0.2, 0) is 5.88 Å². The van der Waals surface area contributed by atoms with Crippen molar-refractivity contribution >= 4 is 34.5 Å². The summed E-state index contributed by atoms with van der Waals surface area (Å²) in [6.45, 7) is 0. The Bertz CT molecular complexity index is 417. The first kappa shape index (κ1) is 10.0. The van der Waals surface area contributed by atoms with Crippen molar-refractivity contribution in [1.82, 2.24) is 0 Å². The summed E-state index contributed by atoms with van der Waals surface area (Å²) in [7, 11) is 0. The van der Waals surface area contributed by atoms with Crippen LogP contribution >= 0.6 is 34.5 Å². The summed E-state index contributed by atoms with van der Waals surface area (Å²) in [5.74, 6) is 0.582. The summed E-state index contributed by atoms with van der Waals surface area (Å²) in [6, 6.07) is 12.0. The van der Waals surface area contributed by atoms with Gasteiger partial charge in [-0.3, -0.25) is 0 Å². The van der Waals surface area contributed by atoms with Crippen molar-refractivity contribution in [2.45, 2.75) is 5.88 Å². The summed E-state index contributed by atoms with van der Waals surface area (Å²) in [6.07, 6.45) is 0. The maximum absolute atomic E-state index is 5.81. The number of thiophene rings is 1. The summed E-state index contributed by atoms with van der Waals surface area (Å²) >= 11 is 13.3. The summed E-state index contributed by atoms with van der Waals surface area (Å²) in [5.41, 5.74) is 1.19. The Kier molecular flexibility index (Phi) is 3.12. The fraction of sp³-hybridized carbons (Fsp3) is 0.0909. The molecule has 0 saturated carbocycles. The average molecular weight is 243 g/mol. The monoisotopic (exact) mass is 242 g/mol. The Labute approximate surface area is 97.1 Å². The minimum Gasteiger partial charge on any atom is -0.139 e. The molecule has 0 fully saturated rings. The lowest BCUT2D eigenvalue weighted by Gasteiger charge is -1.96. The minimum absolute atomic E-state index is 0.582. The number of hydrogen-bond acceptors (Lipinski definition) is 1. The Morgan fingerprint density at radius 2 is 1.71 bits per heavy atom. The first-order valence-electron chi connectivity index (χ1n) is 4.20. The highest BCUT2D eigenvalue weighted by Crippen LogP contribution is 2.29. The van der Waals surface area contributed by atoms with Crippen molar-refractivity contribution in [2.24, 2.45) is 0 Å². The Morgan fingerprint density at radius 3 is 2.29 bits per heavy atom. The zero-order chi connectivity index (χ0) is 9.97. The highest BCUT2D eigenvalue weighted by Gasteiger charge is 2.01. The Balaban J connectivity index is 2.34. The SMILES string of the molecule is ClCc1ccc(-c2ccc(Cl)cc2)s1. The van der Waals surface area contributed by atoms with Gasteiger partial charge in [-0.05, 0) is 29.8 Å². The van der Waals surface area contributed by atoms with Gasteiger partial charge < -0.3 is 0 Å². The van der Waals surface area contributed by atoms with Gasteiger partial charge in [0.05, 0.1) is 5.88 Å². The summed E-state index contributed by atoms with van der Waals surface area (Å²) in [4.78, 5) is 2.42. The normalized spacial score (nSPS) is 10.4. The third-order valence-corrected chi connectivity index (χ3v) is 3.75. The molecule has 0 atom stereocenters. The molecular weight excluding hydrogens is 235 g/mol. The van der Waals surface area contributed by atoms with E-state index in [1.165, 1.54) is 15.3 Å². The van der Waals surface area contributed by atoms with Gasteiger partial charge in [-0.2, -0.15) is 0 Å². The fourth-order valence-electron chi connectivity index (χ4n) is 1.22. The smallest absolute Gasteiger partial charge is 0.0568 e. The van der Waals surface area contributed by atoms with Crippen LogP contribution in [0.25, 0.3) is 10.4 Å². The number of alkyl halides is 1. The molecule has 0 aliphatic heterocycles. The van der Waals surface area contributed by atoms with Crippen molar-refractivity contribution in [2.75, 3.05) is 0 Å². The molecule has 0 unspecified atom stereocenters. The molecule has 0 amide bonds. The molecule has 72 valence electrons. The lowest BCUT2D eigenvalue weighted by molar-refractivity contribution is 1.53. The van der Waals surface area contributed by atoms with Crippen LogP contribution in [-0.4, -0.2) is 0 Å². The maximum atomic E-state index is 5.81. The summed E-state index contributed by atoms with van der Waals surface area (Å²) < 4.78 is 0. The van der Waals surface area contributed by atoms with E-state index in [2.05, 4.69) is 12.1 Å². The van der Waals surface area contributed by atoms with Crippen LogP contribution in [0, 0.1) is 0 Å². The van der Waals surface area contributed by atoms with E-state index in [1.807, 2.05) is 24.3 Å². The molecule has 0 N–H and O–H groups in total. The largest absolute Gasteiger partial charge is 0.139 e. The fourth-order valence-corrected chi connectivity index (χ4v) is 2.46. The van der Waals surface area contributed by atoms with Crippen molar-refractivity contribution in [3.63, 3.8) is 0 Å². The van der Waals surface area contributed by atoms with E-state index >= 15 is 0 Å². The lowest BCUT2D eigenvalue weighted by Crippen LogP contribution is -1.69. The summed E-state index contributed by atoms with van der Waals surface area (Å²) in [5, 5.41) is 0.767. The Hall–Kier alpha value is -0.500. The highest BCUT2D eigenvalue weighted by molar-refractivity contribution is 7.15. The van der Waals surface area contributed by atoms with Crippen molar-refractivity contribution in [3.8, 4) is 10.4 Å². The first-order chi connectivity index (χ1) is 6.79. The van der Waals surface area contributed by atoms with Gasteiger partial charge in [0.2, 0.25) is 0 Å². The van der Waals surface area contributed by atoms with Gasteiger partial charge in [-0.25, -0.2) is 0 Å². The van der Waals surface area contributed by atoms with Crippen LogP contribution in [0.2, 0.25) is 5.02 Å². The standard InChI is InChI=1S/C11H8Cl2S/c12-7-10-5-6-11(14-10)8-1-3-9(13)4-2-8/h1-6H,7H2. The maximum Gasteiger partial charge on any atom is 0.0568 e. The number of benzene rings is 1. The first-order valence-corrected chi connectivity index (χ1v) is 5.93. The van der Waals surface area contributed by atoms with E-state index in [-0.39, 0.29) is 0 Å². The molecule has 14 heavy (non-hydrogen) atoms. The van der Waals surface area contributed by atoms with Gasteiger partial charge in [-0.15, -0.1) is 22.9 Å². The zero-order valence-electron chi connectivity index (χ0n) is 7.34. The van der Waals surface area contributed by atoms with E-state index in [9.17, 15) is 0 Å². The molecule has 2 rings (SSSR count). The van der Waals surface area contributed by atoms with Gasteiger partial charge in [0.15, 0.2) is 0 Å². The van der Waals surface area contributed by atoms with Gasteiger partial charge in [-0.1, -0.05) is 23.7 Å². The third-order valence-electron chi connectivity index (χ3n) is 1.92. The second kappa shape index (κ2) is 4.35. The van der Waals surface area contributed by atoms with Gasteiger partial charge in [0, 0.05) is 14.8 Å². The Morgan fingerprint density at radius 1 is 1.00 bits per heavy atom. The lowest BCUT2D eigenvalue weighted by atomic mass is 10.2. The molecule has 1 aromatic heterocycles. The third kappa shape index (κ3) is 2.11. The van der Waals surface area contributed by atoms with Crippen LogP contribution in [0.15, 0.2) is 36.4 Å². The van der Waals surface area contributed by atoms with Crippen molar-refractivity contribution < 1.29 is 0 Å². The number of rotatable bonds is 2. The molecule has 0 radical (unpaired) electrons. The molecule has 0 bridgehead atoms. The van der Waals surface area contributed by atoms with Gasteiger partial charge >= 0.3 is 0 Å². The second-order valence-electron chi connectivity index (χ2n) is 2.91. The second-order valence-corrected chi connectivity index (χ2v) is 4.78. The van der Waals surface area contributed by atoms with Crippen LogP contribution in [0.1, 0.15) is 4.88 Å². The van der Waals surface area contributed by atoms with E-state index in [0.717, 1.165) is 5.02 Å². The molecule has 0 nitrogen and oxygen atoms in total. The molecule has 1 aromatic carbocycles. The van der Waals surface area contributed by atoms with Crippen LogP contribution in [0.4, 0.5) is 0 Å². The molecule has 0 saturated heterocycles. The molecule has 3 heteroatoms. The molecule has 2 aromatic rings. The zero-order valence-corrected chi connectivity index (χ0v) is 9.66. The molecule has 0 aliphatic rings. The van der Waals surface area contributed by atoms with Crippen molar-refractivity contribution in [1.29, 1.82) is 0 Å². The van der Waals surface area contributed by atoms with E-state index in [0.29, 0.717) is 5.88 Å².